The van der Waals surface area contributed by atoms with Crippen molar-refractivity contribution in [2.45, 2.75) is 38.3 Å². The summed E-state index contributed by atoms with van der Waals surface area (Å²) in [6.07, 6.45) is 4.31. The van der Waals surface area contributed by atoms with E-state index in [1.54, 1.807) is 19.2 Å². The predicted molar refractivity (Wildman–Crippen MR) is 136 cm³/mol. The fourth-order valence-corrected chi connectivity index (χ4v) is 5.30. The molecular formula is C28H31N3O5. The van der Waals surface area contributed by atoms with E-state index in [0.29, 0.717) is 30.2 Å². The van der Waals surface area contributed by atoms with Gasteiger partial charge in [-0.1, -0.05) is 0 Å². The highest BCUT2D eigenvalue weighted by molar-refractivity contribution is 5.95. The number of hydrogen-bond donors (Lipinski definition) is 0. The molecule has 188 valence electrons. The summed E-state index contributed by atoms with van der Waals surface area (Å²) >= 11 is 0. The van der Waals surface area contributed by atoms with Crippen LogP contribution in [0.4, 0.5) is 5.82 Å². The molecule has 3 aliphatic rings. The lowest BCUT2D eigenvalue weighted by molar-refractivity contribution is 0.0507. The van der Waals surface area contributed by atoms with Crippen molar-refractivity contribution in [2.75, 3.05) is 45.0 Å². The average Bonchev–Trinajstić information content (AvgIpc) is 3.70. The Morgan fingerprint density at radius 3 is 2.75 bits per heavy atom. The Kier molecular flexibility index (Phi) is 6.27. The highest BCUT2D eigenvalue weighted by atomic mass is 16.7. The zero-order chi connectivity index (χ0) is 24.5. The van der Waals surface area contributed by atoms with Gasteiger partial charge >= 0.3 is 0 Å². The molecular weight excluding hydrogens is 458 g/mol. The molecule has 4 heterocycles. The van der Waals surface area contributed by atoms with Crippen molar-refractivity contribution >= 4 is 22.6 Å². The minimum Gasteiger partial charge on any atom is -0.497 e. The zero-order valence-electron chi connectivity index (χ0n) is 20.6. The van der Waals surface area contributed by atoms with Crippen molar-refractivity contribution in [1.29, 1.82) is 0 Å². The van der Waals surface area contributed by atoms with Gasteiger partial charge < -0.3 is 28.7 Å². The van der Waals surface area contributed by atoms with Gasteiger partial charge in [0.2, 0.25) is 6.79 Å². The van der Waals surface area contributed by atoms with E-state index in [0.717, 1.165) is 73.4 Å². The molecule has 0 N–H and O–H groups in total. The van der Waals surface area contributed by atoms with Crippen molar-refractivity contribution in [3.8, 4) is 17.2 Å². The monoisotopic (exact) mass is 489 g/mol. The van der Waals surface area contributed by atoms with E-state index in [1.807, 2.05) is 29.2 Å². The van der Waals surface area contributed by atoms with Gasteiger partial charge in [0.1, 0.15) is 11.6 Å². The van der Waals surface area contributed by atoms with Gasteiger partial charge in [0.15, 0.2) is 11.5 Å². The molecule has 8 nitrogen and oxygen atoms in total. The Hall–Kier alpha value is -3.52. The van der Waals surface area contributed by atoms with Crippen LogP contribution in [0.25, 0.3) is 10.9 Å². The Morgan fingerprint density at radius 1 is 1.08 bits per heavy atom. The van der Waals surface area contributed by atoms with E-state index in [-0.39, 0.29) is 18.8 Å². The normalized spacial score (nSPS) is 18.7. The lowest BCUT2D eigenvalue weighted by atomic mass is 10.1. The number of carbonyl (C=O) groups is 1. The second-order valence-electron chi connectivity index (χ2n) is 9.61. The van der Waals surface area contributed by atoms with E-state index >= 15 is 0 Å². The second kappa shape index (κ2) is 9.85. The summed E-state index contributed by atoms with van der Waals surface area (Å²) in [4.78, 5) is 23.1. The topological polar surface area (TPSA) is 73.4 Å². The number of hydrogen-bond acceptors (Lipinski definition) is 7. The third kappa shape index (κ3) is 4.53. The Balaban J connectivity index is 1.37. The Morgan fingerprint density at radius 2 is 1.94 bits per heavy atom. The number of amides is 1. The molecule has 3 aromatic rings. The molecule has 0 saturated carbocycles. The molecule has 36 heavy (non-hydrogen) atoms. The maximum atomic E-state index is 13.8. The lowest BCUT2D eigenvalue weighted by Gasteiger charge is -2.28. The summed E-state index contributed by atoms with van der Waals surface area (Å²) in [6, 6.07) is 13.5. The Labute approximate surface area is 210 Å². The lowest BCUT2D eigenvalue weighted by Crippen LogP contribution is -2.37. The summed E-state index contributed by atoms with van der Waals surface area (Å²) < 4.78 is 22.3. The summed E-state index contributed by atoms with van der Waals surface area (Å²) in [5.41, 5.74) is 2.52. The minimum absolute atomic E-state index is 0.0378. The van der Waals surface area contributed by atoms with Crippen LogP contribution < -0.4 is 19.1 Å². The molecule has 0 bridgehead atoms. The number of fused-ring (bicyclic) bond motifs is 2. The number of pyridine rings is 1. The van der Waals surface area contributed by atoms with Crippen LogP contribution in [0.2, 0.25) is 0 Å². The molecule has 2 aromatic carbocycles. The Bertz CT molecular complexity index is 1270. The predicted octanol–water partition coefficient (Wildman–Crippen LogP) is 4.39. The van der Waals surface area contributed by atoms with Gasteiger partial charge in [0.05, 0.1) is 18.7 Å². The molecule has 1 atom stereocenters. The number of anilines is 1. The summed E-state index contributed by atoms with van der Waals surface area (Å²) in [5.74, 6) is 2.96. The van der Waals surface area contributed by atoms with Gasteiger partial charge in [-0.15, -0.1) is 0 Å². The number of benzene rings is 2. The fraction of sp³-hybridized carbons (Fsp3) is 0.429. The van der Waals surface area contributed by atoms with Gasteiger partial charge in [-0.3, -0.25) is 4.79 Å². The highest BCUT2D eigenvalue weighted by Gasteiger charge is 2.27. The molecule has 0 aliphatic carbocycles. The first-order valence-corrected chi connectivity index (χ1v) is 12.7. The first-order valence-electron chi connectivity index (χ1n) is 12.7. The first kappa shape index (κ1) is 22.9. The second-order valence-corrected chi connectivity index (χ2v) is 9.61. The van der Waals surface area contributed by atoms with Crippen LogP contribution in [0.1, 0.15) is 41.6 Å². The fourth-order valence-electron chi connectivity index (χ4n) is 5.30. The van der Waals surface area contributed by atoms with Gasteiger partial charge in [0, 0.05) is 55.4 Å². The van der Waals surface area contributed by atoms with Crippen molar-refractivity contribution in [1.82, 2.24) is 9.88 Å². The molecule has 2 fully saturated rings. The maximum absolute atomic E-state index is 13.8. The molecule has 1 unspecified atom stereocenters. The number of ether oxygens (including phenoxy) is 4. The number of methoxy groups -OCH3 is 1. The van der Waals surface area contributed by atoms with Crippen LogP contribution in [-0.4, -0.2) is 62.0 Å². The van der Waals surface area contributed by atoms with Gasteiger partial charge in [-0.2, -0.15) is 0 Å². The molecule has 1 amide bonds. The molecule has 3 aliphatic heterocycles. The van der Waals surface area contributed by atoms with Gasteiger partial charge in [-0.25, -0.2) is 4.98 Å². The third-order valence-corrected chi connectivity index (χ3v) is 7.20. The van der Waals surface area contributed by atoms with Crippen LogP contribution >= 0.6 is 0 Å². The molecule has 8 heteroatoms. The zero-order valence-corrected chi connectivity index (χ0v) is 20.6. The molecule has 1 aromatic heterocycles. The van der Waals surface area contributed by atoms with E-state index in [4.69, 9.17) is 23.9 Å². The van der Waals surface area contributed by atoms with Crippen molar-refractivity contribution in [2.24, 2.45) is 0 Å². The summed E-state index contributed by atoms with van der Waals surface area (Å²) in [5, 5.41) is 1.03. The van der Waals surface area contributed by atoms with Crippen LogP contribution in [0, 0.1) is 0 Å². The quantitative estimate of drug-likeness (QED) is 0.487. The average molecular weight is 490 g/mol. The highest BCUT2D eigenvalue weighted by Crippen LogP contribution is 2.34. The van der Waals surface area contributed by atoms with Crippen molar-refractivity contribution < 1.29 is 23.7 Å². The third-order valence-electron chi connectivity index (χ3n) is 7.20. The van der Waals surface area contributed by atoms with E-state index < -0.39 is 0 Å². The van der Waals surface area contributed by atoms with E-state index in [9.17, 15) is 4.79 Å². The standard InChI is InChI=1S/C28H31N3O5/c1-33-22-8-6-19-13-21(27(29-24(19)15-22)30-10-2-3-11-30)16-31(17-23-5-4-12-34-23)28(32)20-7-9-25-26(14-20)36-18-35-25/h6-9,13-15,23H,2-5,10-12,16-18H2,1H3. The smallest absolute Gasteiger partial charge is 0.254 e. The van der Waals surface area contributed by atoms with Crippen LogP contribution in [-0.2, 0) is 11.3 Å². The largest absolute Gasteiger partial charge is 0.497 e. The van der Waals surface area contributed by atoms with Gasteiger partial charge in [0.25, 0.3) is 5.91 Å². The number of nitrogens with zero attached hydrogens (tertiary/aromatic N) is 3. The van der Waals surface area contributed by atoms with Crippen molar-refractivity contribution in [3.05, 3.63) is 53.6 Å². The SMILES string of the molecule is COc1ccc2cc(CN(CC3CCCO3)C(=O)c3ccc4c(c3)OCO4)c(N3CCCC3)nc2c1. The van der Waals surface area contributed by atoms with Crippen molar-refractivity contribution in [3.63, 3.8) is 0 Å². The van der Waals surface area contributed by atoms with E-state index in [2.05, 4.69) is 11.0 Å². The van der Waals surface area contributed by atoms with Crippen LogP contribution in [0.5, 0.6) is 17.2 Å². The number of rotatable bonds is 7. The summed E-state index contributed by atoms with van der Waals surface area (Å²) in [6.45, 7) is 3.85. The number of carbonyl (C=O) groups excluding carboxylic acids is 1. The number of aromatic nitrogens is 1. The summed E-state index contributed by atoms with van der Waals surface area (Å²) in [7, 11) is 1.67. The van der Waals surface area contributed by atoms with E-state index in [1.165, 1.54) is 0 Å². The maximum Gasteiger partial charge on any atom is 0.254 e. The van der Waals surface area contributed by atoms with Crippen LogP contribution in [0.15, 0.2) is 42.5 Å². The first-order chi connectivity index (χ1) is 17.7. The van der Waals surface area contributed by atoms with Gasteiger partial charge in [-0.05, 0) is 62.1 Å². The molecule has 2 saturated heterocycles. The molecule has 0 spiro atoms. The minimum atomic E-state index is -0.0500. The molecule has 0 radical (unpaired) electrons. The van der Waals surface area contributed by atoms with Crippen LogP contribution in [0.3, 0.4) is 0 Å². The molecule has 6 rings (SSSR count).